The van der Waals surface area contributed by atoms with Gasteiger partial charge in [0.25, 0.3) is 0 Å². The molecule has 2 N–H and O–H groups in total. The Labute approximate surface area is 113 Å². The summed E-state index contributed by atoms with van der Waals surface area (Å²) in [5, 5.41) is 0. The molecule has 19 heavy (non-hydrogen) atoms. The van der Waals surface area contributed by atoms with Crippen LogP contribution < -0.4 is 5.73 Å². The molecular weight excluding hydrogens is 234 g/mol. The van der Waals surface area contributed by atoms with Crippen molar-refractivity contribution in [3.05, 3.63) is 46.8 Å². The Morgan fingerprint density at radius 3 is 2.79 bits per heavy atom. The average Bonchev–Trinajstić information content (AvgIpc) is 2.46. The fourth-order valence-corrected chi connectivity index (χ4v) is 2.75. The van der Waals surface area contributed by atoms with E-state index in [1.807, 2.05) is 0 Å². The highest BCUT2D eigenvalue weighted by Gasteiger charge is 2.17. The minimum Gasteiger partial charge on any atom is -0.325 e. The van der Waals surface area contributed by atoms with E-state index in [1.54, 1.807) is 0 Å². The van der Waals surface area contributed by atoms with Crippen molar-refractivity contribution in [1.82, 2.24) is 9.97 Å². The third kappa shape index (κ3) is 2.38. The van der Waals surface area contributed by atoms with E-state index in [0.29, 0.717) is 6.54 Å². The standard InChI is InChI=1S/C16H19N3/c1-11-5-4-6-12(9-11)16-18-14-8-3-2-7-13(14)15(10-17)19-16/h4-6,9H,2-3,7-8,10,17H2,1H3. The Hall–Kier alpha value is -1.74. The summed E-state index contributed by atoms with van der Waals surface area (Å²) in [6, 6.07) is 8.34. The van der Waals surface area contributed by atoms with Crippen molar-refractivity contribution in [2.75, 3.05) is 0 Å². The maximum absolute atomic E-state index is 5.86. The summed E-state index contributed by atoms with van der Waals surface area (Å²) in [7, 11) is 0. The van der Waals surface area contributed by atoms with Crippen molar-refractivity contribution >= 4 is 0 Å². The second-order valence-corrected chi connectivity index (χ2v) is 5.20. The van der Waals surface area contributed by atoms with Gasteiger partial charge in [0.1, 0.15) is 0 Å². The van der Waals surface area contributed by atoms with Crippen molar-refractivity contribution in [2.45, 2.75) is 39.2 Å². The van der Waals surface area contributed by atoms with Crippen molar-refractivity contribution in [3.8, 4) is 11.4 Å². The van der Waals surface area contributed by atoms with Gasteiger partial charge in [0.05, 0.1) is 5.69 Å². The zero-order valence-electron chi connectivity index (χ0n) is 11.3. The van der Waals surface area contributed by atoms with E-state index < -0.39 is 0 Å². The molecule has 3 nitrogen and oxygen atoms in total. The van der Waals surface area contributed by atoms with Crippen LogP contribution in [0, 0.1) is 6.92 Å². The Morgan fingerprint density at radius 1 is 1.16 bits per heavy atom. The molecule has 0 bridgehead atoms. The van der Waals surface area contributed by atoms with Gasteiger partial charge in [0.15, 0.2) is 5.82 Å². The summed E-state index contributed by atoms with van der Waals surface area (Å²) >= 11 is 0. The predicted molar refractivity (Wildman–Crippen MR) is 76.7 cm³/mol. The first-order valence-electron chi connectivity index (χ1n) is 6.93. The normalized spacial score (nSPS) is 14.2. The lowest BCUT2D eigenvalue weighted by molar-refractivity contribution is 0.652. The second-order valence-electron chi connectivity index (χ2n) is 5.20. The van der Waals surface area contributed by atoms with Crippen LogP contribution in [0.4, 0.5) is 0 Å². The number of aromatic nitrogens is 2. The Kier molecular flexibility index (Phi) is 3.30. The first-order chi connectivity index (χ1) is 9.28. The molecule has 0 aliphatic heterocycles. The maximum atomic E-state index is 5.86. The zero-order chi connectivity index (χ0) is 13.2. The zero-order valence-corrected chi connectivity index (χ0v) is 11.3. The van der Waals surface area contributed by atoms with Gasteiger partial charge in [-0.1, -0.05) is 23.8 Å². The van der Waals surface area contributed by atoms with Crippen LogP contribution in [-0.4, -0.2) is 9.97 Å². The molecule has 0 atom stereocenters. The molecule has 0 saturated heterocycles. The van der Waals surface area contributed by atoms with Crippen molar-refractivity contribution in [2.24, 2.45) is 5.73 Å². The van der Waals surface area contributed by atoms with Gasteiger partial charge < -0.3 is 5.73 Å². The monoisotopic (exact) mass is 253 g/mol. The summed E-state index contributed by atoms with van der Waals surface area (Å²) < 4.78 is 0. The van der Waals surface area contributed by atoms with Gasteiger partial charge in [-0.3, -0.25) is 0 Å². The van der Waals surface area contributed by atoms with Crippen LogP contribution in [0.15, 0.2) is 24.3 Å². The molecule has 0 spiro atoms. The largest absolute Gasteiger partial charge is 0.325 e. The lowest BCUT2D eigenvalue weighted by atomic mass is 9.94. The average molecular weight is 253 g/mol. The molecule has 1 heterocycles. The third-order valence-electron chi connectivity index (χ3n) is 3.74. The summed E-state index contributed by atoms with van der Waals surface area (Å²) in [6.45, 7) is 2.59. The number of benzene rings is 1. The number of hydrogen-bond donors (Lipinski definition) is 1. The highest BCUT2D eigenvalue weighted by molar-refractivity contribution is 5.57. The van der Waals surface area contributed by atoms with Crippen LogP contribution in [-0.2, 0) is 19.4 Å². The Morgan fingerprint density at radius 2 is 2.00 bits per heavy atom. The number of nitrogens with two attached hydrogens (primary N) is 1. The minimum absolute atomic E-state index is 0.504. The maximum Gasteiger partial charge on any atom is 0.159 e. The molecule has 1 aliphatic rings. The van der Waals surface area contributed by atoms with Gasteiger partial charge in [-0.25, -0.2) is 9.97 Å². The summed E-state index contributed by atoms with van der Waals surface area (Å²) in [6.07, 6.45) is 4.59. The second kappa shape index (κ2) is 5.10. The number of rotatable bonds is 2. The highest BCUT2D eigenvalue weighted by Crippen LogP contribution is 2.25. The summed E-state index contributed by atoms with van der Waals surface area (Å²) in [4.78, 5) is 9.45. The van der Waals surface area contributed by atoms with Crippen LogP contribution in [0.3, 0.4) is 0 Å². The van der Waals surface area contributed by atoms with E-state index in [-0.39, 0.29) is 0 Å². The SMILES string of the molecule is Cc1cccc(-c2nc(CN)c3c(n2)CCCC3)c1. The molecule has 0 saturated carbocycles. The topological polar surface area (TPSA) is 51.8 Å². The fraction of sp³-hybridized carbons (Fsp3) is 0.375. The molecule has 0 amide bonds. The molecule has 0 radical (unpaired) electrons. The third-order valence-corrected chi connectivity index (χ3v) is 3.74. The number of nitrogens with zero attached hydrogens (tertiary/aromatic N) is 2. The van der Waals surface area contributed by atoms with Crippen LogP contribution in [0.5, 0.6) is 0 Å². The lowest BCUT2D eigenvalue weighted by Gasteiger charge is -2.18. The van der Waals surface area contributed by atoms with Gasteiger partial charge in [0.2, 0.25) is 0 Å². The predicted octanol–water partition coefficient (Wildman–Crippen LogP) is 2.79. The lowest BCUT2D eigenvalue weighted by Crippen LogP contribution is -2.14. The van der Waals surface area contributed by atoms with E-state index in [0.717, 1.165) is 29.9 Å². The molecule has 1 aromatic heterocycles. The molecular formula is C16H19N3. The van der Waals surface area contributed by atoms with Crippen LogP contribution in [0.2, 0.25) is 0 Å². The molecule has 0 fully saturated rings. The number of fused-ring (bicyclic) bond motifs is 1. The first-order valence-corrected chi connectivity index (χ1v) is 6.93. The van der Waals surface area contributed by atoms with Crippen LogP contribution in [0.1, 0.15) is 35.4 Å². The van der Waals surface area contributed by atoms with Gasteiger partial charge >= 0.3 is 0 Å². The van der Waals surface area contributed by atoms with Crippen molar-refractivity contribution in [3.63, 3.8) is 0 Å². The van der Waals surface area contributed by atoms with E-state index in [9.17, 15) is 0 Å². The summed E-state index contributed by atoms with van der Waals surface area (Å²) in [5.74, 6) is 0.824. The quantitative estimate of drug-likeness (QED) is 0.895. The van der Waals surface area contributed by atoms with Crippen molar-refractivity contribution in [1.29, 1.82) is 0 Å². The van der Waals surface area contributed by atoms with E-state index in [1.165, 1.54) is 29.7 Å². The number of aryl methyl sites for hydroxylation is 2. The fourth-order valence-electron chi connectivity index (χ4n) is 2.75. The van der Waals surface area contributed by atoms with Crippen LogP contribution >= 0.6 is 0 Å². The molecule has 2 aromatic rings. The molecule has 1 aliphatic carbocycles. The van der Waals surface area contributed by atoms with E-state index in [2.05, 4.69) is 36.2 Å². The minimum atomic E-state index is 0.504. The molecule has 0 unspecified atom stereocenters. The van der Waals surface area contributed by atoms with Crippen molar-refractivity contribution < 1.29 is 0 Å². The van der Waals surface area contributed by atoms with Gasteiger partial charge in [-0.15, -0.1) is 0 Å². The van der Waals surface area contributed by atoms with Gasteiger partial charge in [-0.05, 0) is 44.2 Å². The molecule has 3 heteroatoms. The Balaban J connectivity index is 2.12. The first kappa shape index (κ1) is 12.3. The molecule has 98 valence electrons. The summed E-state index contributed by atoms with van der Waals surface area (Å²) in [5.41, 5.74) is 11.7. The van der Waals surface area contributed by atoms with Gasteiger partial charge in [0, 0.05) is 17.8 Å². The smallest absolute Gasteiger partial charge is 0.159 e. The van der Waals surface area contributed by atoms with E-state index in [4.69, 9.17) is 10.7 Å². The van der Waals surface area contributed by atoms with Crippen LogP contribution in [0.25, 0.3) is 11.4 Å². The molecule has 1 aromatic carbocycles. The van der Waals surface area contributed by atoms with E-state index >= 15 is 0 Å². The highest BCUT2D eigenvalue weighted by atomic mass is 14.9. The molecule has 3 rings (SSSR count). The number of hydrogen-bond acceptors (Lipinski definition) is 3. The Bertz CT molecular complexity index is 588. The van der Waals surface area contributed by atoms with Gasteiger partial charge in [-0.2, -0.15) is 0 Å².